The highest BCUT2D eigenvalue weighted by Crippen LogP contribution is 1.98. The molecule has 0 saturated heterocycles. The van der Waals surface area contributed by atoms with Gasteiger partial charge in [-0.2, -0.15) is 0 Å². The molecular formula is C7H14N. The predicted octanol–water partition coefficient (Wildman–Crippen LogP) is 2.42. The Hall–Kier alpha value is -0.330. The summed E-state index contributed by atoms with van der Waals surface area (Å²) in [6.45, 7) is 5.56. The van der Waals surface area contributed by atoms with Crippen LogP contribution in [0.15, 0.2) is 0 Å². The topological polar surface area (TPSA) is 23.9 Å². The predicted molar refractivity (Wildman–Crippen MR) is 37.2 cm³/mol. The molecule has 1 nitrogen and oxygen atoms in total. The molecule has 8 heavy (non-hydrogen) atoms. The molecule has 0 heterocycles. The zero-order valence-corrected chi connectivity index (χ0v) is 5.54. The Labute approximate surface area is 51.6 Å². The van der Waals surface area contributed by atoms with Crippen molar-refractivity contribution < 1.29 is 0 Å². The van der Waals surface area contributed by atoms with E-state index in [0.29, 0.717) is 0 Å². The zero-order chi connectivity index (χ0) is 6.41. The molecule has 0 aliphatic carbocycles. The fourth-order valence-electron chi connectivity index (χ4n) is 0.567. The van der Waals surface area contributed by atoms with E-state index < -0.39 is 0 Å². The van der Waals surface area contributed by atoms with E-state index in [-0.39, 0.29) is 0 Å². The van der Waals surface area contributed by atoms with Gasteiger partial charge in [0.05, 0.1) is 0 Å². The third-order valence-electron chi connectivity index (χ3n) is 1.05. The van der Waals surface area contributed by atoms with Gasteiger partial charge in [0.25, 0.3) is 0 Å². The van der Waals surface area contributed by atoms with Gasteiger partial charge < -0.3 is 5.41 Å². The number of hydrogen-bond donors (Lipinski definition) is 1. The van der Waals surface area contributed by atoms with E-state index in [0.717, 1.165) is 31.4 Å². The molecule has 0 amide bonds. The molecule has 0 saturated carbocycles. The van der Waals surface area contributed by atoms with Gasteiger partial charge in [-0.25, -0.2) is 0 Å². The van der Waals surface area contributed by atoms with E-state index >= 15 is 0 Å². The van der Waals surface area contributed by atoms with Crippen molar-refractivity contribution in [2.24, 2.45) is 0 Å². The second-order valence-electron chi connectivity index (χ2n) is 2.09. The fraction of sp³-hybridized carbons (Fsp3) is 0.714. The molecule has 0 aliphatic heterocycles. The van der Waals surface area contributed by atoms with E-state index in [1.165, 1.54) is 0 Å². The van der Waals surface area contributed by atoms with Crippen molar-refractivity contribution >= 4 is 5.71 Å². The molecule has 0 spiro atoms. The molecule has 1 radical (unpaired) electrons. The van der Waals surface area contributed by atoms with Crippen molar-refractivity contribution in [3.8, 4) is 0 Å². The van der Waals surface area contributed by atoms with Gasteiger partial charge in [0.2, 0.25) is 0 Å². The summed E-state index contributed by atoms with van der Waals surface area (Å²) >= 11 is 0. The van der Waals surface area contributed by atoms with Crippen LogP contribution in [0.3, 0.4) is 0 Å². The Morgan fingerprint density at radius 2 is 2.12 bits per heavy atom. The van der Waals surface area contributed by atoms with E-state index in [4.69, 9.17) is 5.41 Å². The second kappa shape index (κ2) is 4.82. The van der Waals surface area contributed by atoms with Gasteiger partial charge in [0.1, 0.15) is 0 Å². The van der Waals surface area contributed by atoms with Crippen molar-refractivity contribution in [2.75, 3.05) is 0 Å². The molecule has 0 unspecified atom stereocenters. The standard InChI is InChI=1S/C7H14N/c1-3-4-5-6-7(2)8/h8H,1,3-6H2,2H3. The summed E-state index contributed by atoms with van der Waals surface area (Å²) in [5.41, 5.74) is 0.790. The molecule has 0 aromatic heterocycles. The highest BCUT2D eigenvalue weighted by Gasteiger charge is 1.86. The Balaban J connectivity index is 2.82. The monoisotopic (exact) mass is 112 g/mol. The van der Waals surface area contributed by atoms with Crippen LogP contribution >= 0.6 is 0 Å². The smallest absolute Gasteiger partial charge is 0.00582 e. The average molecular weight is 112 g/mol. The van der Waals surface area contributed by atoms with Crippen LogP contribution in [0, 0.1) is 12.3 Å². The maximum absolute atomic E-state index is 7.05. The molecule has 0 fully saturated rings. The van der Waals surface area contributed by atoms with Crippen molar-refractivity contribution in [1.82, 2.24) is 0 Å². The van der Waals surface area contributed by atoms with Crippen LogP contribution in [-0.4, -0.2) is 5.71 Å². The van der Waals surface area contributed by atoms with Gasteiger partial charge in [-0.05, 0) is 19.8 Å². The summed E-state index contributed by atoms with van der Waals surface area (Å²) in [6, 6.07) is 0. The van der Waals surface area contributed by atoms with Gasteiger partial charge in [0.15, 0.2) is 0 Å². The first-order valence-electron chi connectivity index (χ1n) is 3.10. The SMILES string of the molecule is [CH2]CCCCC(C)=N. The van der Waals surface area contributed by atoms with Crippen molar-refractivity contribution in [2.45, 2.75) is 32.6 Å². The number of nitrogens with one attached hydrogen (secondary N) is 1. The summed E-state index contributed by atoms with van der Waals surface area (Å²) in [4.78, 5) is 0. The van der Waals surface area contributed by atoms with Crippen LogP contribution in [0.2, 0.25) is 0 Å². The van der Waals surface area contributed by atoms with E-state index in [9.17, 15) is 0 Å². The highest BCUT2D eigenvalue weighted by molar-refractivity contribution is 5.78. The summed E-state index contributed by atoms with van der Waals surface area (Å²) in [7, 11) is 0. The summed E-state index contributed by atoms with van der Waals surface area (Å²) in [6.07, 6.45) is 4.26. The van der Waals surface area contributed by atoms with Crippen molar-refractivity contribution in [3.05, 3.63) is 6.92 Å². The number of unbranched alkanes of at least 4 members (excludes halogenated alkanes) is 2. The lowest BCUT2D eigenvalue weighted by Crippen LogP contribution is -1.86. The second-order valence-corrected chi connectivity index (χ2v) is 2.09. The lowest BCUT2D eigenvalue weighted by molar-refractivity contribution is 0.773. The third kappa shape index (κ3) is 5.67. The maximum Gasteiger partial charge on any atom is 0.00582 e. The number of hydrogen-bond acceptors (Lipinski definition) is 1. The Morgan fingerprint density at radius 3 is 2.50 bits per heavy atom. The van der Waals surface area contributed by atoms with Gasteiger partial charge in [-0.3, -0.25) is 0 Å². The zero-order valence-electron chi connectivity index (χ0n) is 5.54. The normalized spacial score (nSPS) is 9.25. The minimum absolute atomic E-state index is 0.790. The highest BCUT2D eigenvalue weighted by atomic mass is 14.4. The quantitative estimate of drug-likeness (QED) is 0.426. The molecule has 0 bridgehead atoms. The van der Waals surface area contributed by atoms with Crippen LogP contribution in [0.1, 0.15) is 32.6 Å². The average Bonchev–Trinajstić information content (AvgIpc) is 1.66. The summed E-state index contributed by atoms with van der Waals surface area (Å²) < 4.78 is 0. The molecule has 47 valence electrons. The molecule has 0 aromatic rings. The first-order valence-corrected chi connectivity index (χ1v) is 3.10. The summed E-state index contributed by atoms with van der Waals surface area (Å²) in [5, 5.41) is 7.05. The fourth-order valence-corrected chi connectivity index (χ4v) is 0.567. The molecule has 0 atom stereocenters. The van der Waals surface area contributed by atoms with Gasteiger partial charge in [-0.15, -0.1) is 0 Å². The lowest BCUT2D eigenvalue weighted by atomic mass is 10.1. The Bertz CT molecular complexity index is 66.8. The summed E-state index contributed by atoms with van der Waals surface area (Å²) in [5.74, 6) is 0. The molecule has 0 aromatic carbocycles. The number of rotatable bonds is 4. The first kappa shape index (κ1) is 7.67. The first-order chi connectivity index (χ1) is 3.77. The molecule has 1 N–H and O–H groups in total. The third-order valence-corrected chi connectivity index (χ3v) is 1.05. The minimum Gasteiger partial charge on any atom is -0.310 e. The van der Waals surface area contributed by atoms with Gasteiger partial charge in [0, 0.05) is 5.71 Å². The van der Waals surface area contributed by atoms with Crippen LogP contribution in [0.5, 0.6) is 0 Å². The van der Waals surface area contributed by atoms with Crippen LogP contribution < -0.4 is 0 Å². The molecule has 0 aliphatic rings. The molecular weight excluding hydrogens is 98.1 g/mol. The maximum atomic E-state index is 7.05. The van der Waals surface area contributed by atoms with Gasteiger partial charge in [-0.1, -0.05) is 19.8 Å². The molecule has 0 rings (SSSR count). The Morgan fingerprint density at radius 1 is 1.50 bits per heavy atom. The van der Waals surface area contributed by atoms with Crippen LogP contribution in [-0.2, 0) is 0 Å². The Kier molecular flexibility index (Phi) is 4.62. The van der Waals surface area contributed by atoms with E-state index in [1.807, 2.05) is 6.92 Å². The van der Waals surface area contributed by atoms with E-state index in [1.54, 1.807) is 0 Å². The molecule has 1 heteroatoms. The minimum atomic E-state index is 0.790. The van der Waals surface area contributed by atoms with Crippen LogP contribution in [0.4, 0.5) is 0 Å². The lowest BCUT2D eigenvalue weighted by Gasteiger charge is -1.93. The van der Waals surface area contributed by atoms with Crippen LogP contribution in [0.25, 0.3) is 0 Å². The van der Waals surface area contributed by atoms with E-state index in [2.05, 4.69) is 6.92 Å². The van der Waals surface area contributed by atoms with Gasteiger partial charge >= 0.3 is 0 Å². The largest absolute Gasteiger partial charge is 0.310 e. The van der Waals surface area contributed by atoms with Crippen molar-refractivity contribution in [3.63, 3.8) is 0 Å². The van der Waals surface area contributed by atoms with Crippen molar-refractivity contribution in [1.29, 1.82) is 5.41 Å².